The highest BCUT2D eigenvalue weighted by molar-refractivity contribution is 5.79. The van der Waals surface area contributed by atoms with Gasteiger partial charge in [0.2, 0.25) is 5.91 Å². The summed E-state index contributed by atoms with van der Waals surface area (Å²) in [5.41, 5.74) is 2.03. The second-order valence-electron chi connectivity index (χ2n) is 8.86. The average Bonchev–Trinajstić information content (AvgIpc) is 2.86. The van der Waals surface area contributed by atoms with Crippen molar-refractivity contribution in [2.75, 3.05) is 63.8 Å². The van der Waals surface area contributed by atoms with Crippen molar-refractivity contribution in [2.24, 2.45) is 5.92 Å². The van der Waals surface area contributed by atoms with Gasteiger partial charge in [-0.25, -0.2) is 9.97 Å². The van der Waals surface area contributed by atoms with Gasteiger partial charge in [0.25, 0.3) is 0 Å². The summed E-state index contributed by atoms with van der Waals surface area (Å²) < 4.78 is 0. The minimum absolute atomic E-state index is 0.100. The summed E-state index contributed by atoms with van der Waals surface area (Å²) in [5, 5.41) is 3.18. The number of hydrogen-bond donors (Lipinski definition) is 1. The predicted molar refractivity (Wildman–Crippen MR) is 129 cm³/mol. The number of nitrogens with one attached hydrogen (secondary N) is 1. The highest BCUT2D eigenvalue weighted by Crippen LogP contribution is 2.25. The van der Waals surface area contributed by atoms with E-state index >= 15 is 0 Å². The van der Waals surface area contributed by atoms with E-state index in [1.165, 1.54) is 13.0 Å². The van der Waals surface area contributed by atoms with Crippen molar-refractivity contribution in [1.29, 1.82) is 0 Å². The van der Waals surface area contributed by atoms with Gasteiger partial charge in [0.15, 0.2) is 0 Å². The van der Waals surface area contributed by atoms with Crippen molar-refractivity contribution in [3.05, 3.63) is 42.7 Å². The number of carbonyl (C=O) groups is 1. The Labute approximate surface area is 191 Å². The number of hydrogen-bond acceptors (Lipinski definition) is 6. The van der Waals surface area contributed by atoms with Crippen molar-refractivity contribution in [3.63, 3.8) is 0 Å². The molecule has 2 aliphatic heterocycles. The molecule has 172 valence electrons. The van der Waals surface area contributed by atoms with Gasteiger partial charge < -0.3 is 15.1 Å². The smallest absolute Gasteiger partial charge is 0.223 e. The molecule has 0 unspecified atom stereocenters. The molecule has 0 radical (unpaired) electrons. The number of rotatable bonds is 8. The summed E-state index contributed by atoms with van der Waals surface area (Å²) in [6.45, 7) is 11.4. The number of piperazine rings is 1. The van der Waals surface area contributed by atoms with Crippen LogP contribution in [0.5, 0.6) is 0 Å². The van der Waals surface area contributed by atoms with Crippen LogP contribution in [0.2, 0.25) is 0 Å². The van der Waals surface area contributed by atoms with E-state index in [1.807, 2.05) is 18.2 Å². The summed E-state index contributed by atoms with van der Waals surface area (Å²) in [6.07, 6.45) is 4.59. The standard InChI is InChI=1S/C25H36N6O/c1-2-11-29-15-17-30(18-16-29)14-10-26-25(32)22-8-12-31(13-9-22)24-19-23(27-20-28-24)21-6-4-3-5-7-21/h3-7,19-20,22H,2,8-18H2,1H3,(H,26,32). The van der Waals surface area contributed by atoms with Gasteiger partial charge in [0.1, 0.15) is 12.1 Å². The molecule has 7 nitrogen and oxygen atoms in total. The summed E-state index contributed by atoms with van der Waals surface area (Å²) in [7, 11) is 0. The Morgan fingerprint density at radius 3 is 2.34 bits per heavy atom. The Bertz CT molecular complexity index is 845. The molecule has 2 aliphatic rings. The molecule has 0 saturated carbocycles. The fourth-order valence-electron chi connectivity index (χ4n) is 4.69. The molecule has 4 rings (SSSR count). The minimum Gasteiger partial charge on any atom is -0.356 e. The lowest BCUT2D eigenvalue weighted by Gasteiger charge is -2.35. The first-order valence-electron chi connectivity index (χ1n) is 12.1. The van der Waals surface area contributed by atoms with Gasteiger partial charge in [0.05, 0.1) is 5.69 Å². The van der Waals surface area contributed by atoms with E-state index in [9.17, 15) is 4.79 Å². The highest BCUT2D eigenvalue weighted by atomic mass is 16.1. The van der Waals surface area contributed by atoms with E-state index in [4.69, 9.17) is 0 Å². The second kappa shape index (κ2) is 11.4. The summed E-state index contributed by atoms with van der Waals surface area (Å²) in [6, 6.07) is 12.2. The minimum atomic E-state index is 0.100. The molecule has 2 saturated heterocycles. The van der Waals surface area contributed by atoms with Gasteiger partial charge in [-0.15, -0.1) is 0 Å². The number of amides is 1. The van der Waals surface area contributed by atoms with Gasteiger partial charge in [-0.2, -0.15) is 0 Å². The van der Waals surface area contributed by atoms with Crippen molar-refractivity contribution in [2.45, 2.75) is 26.2 Å². The number of anilines is 1. The summed E-state index contributed by atoms with van der Waals surface area (Å²) >= 11 is 0. The molecule has 0 atom stereocenters. The quantitative estimate of drug-likeness (QED) is 0.686. The SMILES string of the molecule is CCCN1CCN(CCNC(=O)C2CCN(c3cc(-c4ccccc4)ncn3)CC2)CC1. The zero-order valence-corrected chi connectivity index (χ0v) is 19.2. The largest absolute Gasteiger partial charge is 0.356 e. The normalized spacial score (nSPS) is 18.6. The van der Waals surface area contributed by atoms with Crippen LogP contribution in [0.3, 0.4) is 0 Å². The lowest BCUT2D eigenvalue weighted by Crippen LogP contribution is -2.49. The van der Waals surface area contributed by atoms with Crippen LogP contribution in [0.15, 0.2) is 42.7 Å². The molecular weight excluding hydrogens is 400 g/mol. The number of benzene rings is 1. The van der Waals surface area contributed by atoms with E-state index in [1.54, 1.807) is 6.33 Å². The van der Waals surface area contributed by atoms with E-state index in [2.05, 4.69) is 55.1 Å². The lowest BCUT2D eigenvalue weighted by atomic mass is 9.96. The Morgan fingerprint density at radius 2 is 1.66 bits per heavy atom. The van der Waals surface area contributed by atoms with Crippen molar-refractivity contribution in [3.8, 4) is 11.3 Å². The fourth-order valence-corrected chi connectivity index (χ4v) is 4.69. The van der Waals surface area contributed by atoms with Crippen LogP contribution in [-0.4, -0.2) is 84.6 Å². The fraction of sp³-hybridized carbons (Fsp3) is 0.560. The van der Waals surface area contributed by atoms with Crippen molar-refractivity contribution in [1.82, 2.24) is 25.1 Å². The molecule has 1 aromatic carbocycles. The molecular formula is C25H36N6O. The lowest BCUT2D eigenvalue weighted by molar-refractivity contribution is -0.125. The van der Waals surface area contributed by atoms with E-state index in [-0.39, 0.29) is 11.8 Å². The first-order valence-corrected chi connectivity index (χ1v) is 12.1. The van der Waals surface area contributed by atoms with E-state index < -0.39 is 0 Å². The van der Waals surface area contributed by atoms with Gasteiger partial charge >= 0.3 is 0 Å². The first kappa shape index (κ1) is 22.7. The number of aromatic nitrogens is 2. The number of piperidine rings is 1. The van der Waals surface area contributed by atoms with Crippen LogP contribution in [0, 0.1) is 5.92 Å². The van der Waals surface area contributed by atoms with Crippen LogP contribution in [0.4, 0.5) is 5.82 Å². The molecule has 1 aromatic heterocycles. The van der Waals surface area contributed by atoms with E-state index in [0.717, 1.165) is 82.3 Å². The molecule has 3 heterocycles. The van der Waals surface area contributed by atoms with Crippen LogP contribution >= 0.6 is 0 Å². The van der Waals surface area contributed by atoms with Gasteiger partial charge in [-0.05, 0) is 25.8 Å². The Kier molecular flexibility index (Phi) is 8.07. The average molecular weight is 437 g/mol. The Morgan fingerprint density at radius 1 is 0.969 bits per heavy atom. The summed E-state index contributed by atoms with van der Waals surface area (Å²) in [5.74, 6) is 1.25. The zero-order chi connectivity index (χ0) is 22.2. The predicted octanol–water partition coefficient (Wildman–Crippen LogP) is 2.50. The first-order chi connectivity index (χ1) is 15.7. The van der Waals surface area contributed by atoms with Crippen LogP contribution in [0.25, 0.3) is 11.3 Å². The van der Waals surface area contributed by atoms with Gasteiger partial charge in [-0.3, -0.25) is 9.69 Å². The topological polar surface area (TPSA) is 64.6 Å². The van der Waals surface area contributed by atoms with Gasteiger partial charge in [-0.1, -0.05) is 37.3 Å². The molecule has 0 bridgehead atoms. The molecule has 2 aromatic rings. The van der Waals surface area contributed by atoms with Crippen LogP contribution < -0.4 is 10.2 Å². The molecule has 1 N–H and O–H groups in total. The van der Waals surface area contributed by atoms with Crippen molar-refractivity contribution >= 4 is 11.7 Å². The Balaban J connectivity index is 1.19. The third-order valence-corrected chi connectivity index (χ3v) is 6.64. The maximum atomic E-state index is 12.7. The second-order valence-corrected chi connectivity index (χ2v) is 8.86. The molecule has 1 amide bonds. The molecule has 2 fully saturated rings. The molecule has 32 heavy (non-hydrogen) atoms. The molecule has 0 aliphatic carbocycles. The molecule has 7 heteroatoms. The third kappa shape index (κ3) is 6.04. The third-order valence-electron chi connectivity index (χ3n) is 6.64. The Hall–Kier alpha value is -2.51. The monoisotopic (exact) mass is 436 g/mol. The summed E-state index contributed by atoms with van der Waals surface area (Å²) in [4.78, 5) is 28.9. The van der Waals surface area contributed by atoms with E-state index in [0.29, 0.717) is 0 Å². The number of carbonyl (C=O) groups excluding carboxylic acids is 1. The van der Waals surface area contributed by atoms with Gasteiger partial charge in [0, 0.05) is 69.9 Å². The number of nitrogens with zero attached hydrogens (tertiary/aromatic N) is 5. The van der Waals surface area contributed by atoms with Crippen LogP contribution in [0.1, 0.15) is 26.2 Å². The zero-order valence-electron chi connectivity index (χ0n) is 19.2. The highest BCUT2D eigenvalue weighted by Gasteiger charge is 2.26. The maximum absolute atomic E-state index is 12.7. The van der Waals surface area contributed by atoms with Crippen LogP contribution in [-0.2, 0) is 4.79 Å². The maximum Gasteiger partial charge on any atom is 0.223 e. The van der Waals surface area contributed by atoms with Crippen molar-refractivity contribution < 1.29 is 4.79 Å². The molecule has 0 spiro atoms.